The molecule has 1 N–H and O–H groups in total. The number of aryl methyl sites for hydroxylation is 1. The molecule has 1 aliphatic heterocycles. The van der Waals surface area contributed by atoms with Crippen molar-refractivity contribution < 1.29 is 0 Å². The van der Waals surface area contributed by atoms with Crippen molar-refractivity contribution in [2.24, 2.45) is 0 Å². The molecule has 0 atom stereocenters. The first-order valence-electron chi connectivity index (χ1n) is 10.3. The molecule has 0 unspecified atom stereocenters. The molecule has 0 bridgehead atoms. The van der Waals surface area contributed by atoms with Gasteiger partial charge in [-0.1, -0.05) is 29.8 Å². The molecule has 2 heterocycles. The lowest BCUT2D eigenvalue weighted by atomic mass is 9.87. The second kappa shape index (κ2) is 9.05. The van der Waals surface area contributed by atoms with Gasteiger partial charge in [-0.2, -0.15) is 0 Å². The zero-order valence-corrected chi connectivity index (χ0v) is 19.6. The van der Waals surface area contributed by atoms with E-state index in [2.05, 4.69) is 59.7 Å². The minimum atomic E-state index is 0.774. The monoisotopic (exact) mass is 422 g/mol. The first-order chi connectivity index (χ1) is 14.2. The predicted molar refractivity (Wildman–Crippen MR) is 129 cm³/mol. The van der Waals surface area contributed by atoms with Crippen molar-refractivity contribution in [3.8, 4) is 0 Å². The van der Waals surface area contributed by atoms with E-state index in [0.29, 0.717) is 0 Å². The van der Waals surface area contributed by atoms with E-state index in [0.717, 1.165) is 58.6 Å². The molecule has 0 amide bonds. The lowest BCUT2D eigenvalue weighted by Gasteiger charge is -2.33. The van der Waals surface area contributed by atoms with Crippen molar-refractivity contribution in [1.29, 1.82) is 0 Å². The number of allylic oxidation sites excluding steroid dienone is 3. The van der Waals surface area contributed by atoms with Crippen molar-refractivity contribution in [3.63, 3.8) is 0 Å². The minimum Gasteiger partial charge on any atom is -0.359 e. The summed E-state index contributed by atoms with van der Waals surface area (Å²) in [4.78, 5) is 11.3. The van der Waals surface area contributed by atoms with Crippen molar-refractivity contribution in [3.05, 3.63) is 75.2 Å². The number of piperidine rings is 1. The van der Waals surface area contributed by atoms with Gasteiger partial charge in [-0.15, -0.1) is 0 Å². The average Bonchev–Trinajstić information content (AvgIpc) is 2.71. The Bertz CT molecular complexity index is 1030. The third-order valence-electron chi connectivity index (χ3n) is 5.59. The third-order valence-corrected chi connectivity index (χ3v) is 6.08. The molecule has 1 saturated heterocycles. The number of benzene rings is 1. The summed E-state index contributed by atoms with van der Waals surface area (Å²) in [5, 5.41) is 4.07. The summed E-state index contributed by atoms with van der Waals surface area (Å²) in [6.45, 7) is 18.2. The van der Waals surface area contributed by atoms with Crippen molar-refractivity contribution >= 4 is 28.8 Å². The molecular weight excluding hydrogens is 392 g/mol. The Morgan fingerprint density at radius 2 is 1.73 bits per heavy atom. The van der Waals surface area contributed by atoms with Gasteiger partial charge in [0.2, 0.25) is 5.95 Å². The van der Waals surface area contributed by atoms with Crippen LogP contribution in [0, 0.1) is 13.8 Å². The molecule has 0 aliphatic carbocycles. The Morgan fingerprint density at radius 3 is 2.33 bits per heavy atom. The molecule has 0 radical (unpaired) electrons. The van der Waals surface area contributed by atoms with Crippen molar-refractivity contribution in [1.82, 2.24) is 9.97 Å². The van der Waals surface area contributed by atoms with E-state index in [4.69, 9.17) is 11.6 Å². The number of hydrogen-bond acceptors (Lipinski definition) is 4. The number of anilines is 2. The summed E-state index contributed by atoms with van der Waals surface area (Å²) in [5.74, 6) is 0.780. The quantitative estimate of drug-likeness (QED) is 0.594. The summed E-state index contributed by atoms with van der Waals surface area (Å²) in [5.41, 5.74) is 10.3. The number of halogens is 1. The standard InChI is InChI=1S/C25H31ClN4/c1-15(2)20-10-11-30(25-27-12-17(5)13-28-25)14-22(20)18(6)21-8-9-23(29-16(3)4)19(7)24(21)26/h8-9,12-13,29H,3,10-11,14H2,1-2,4-7H3/b22-18+. The highest BCUT2D eigenvalue weighted by Gasteiger charge is 2.24. The number of nitrogens with one attached hydrogen (secondary N) is 1. The van der Waals surface area contributed by atoms with Gasteiger partial charge in [0.25, 0.3) is 0 Å². The Morgan fingerprint density at radius 1 is 1.07 bits per heavy atom. The maximum Gasteiger partial charge on any atom is 0.225 e. The average molecular weight is 423 g/mol. The first-order valence-corrected chi connectivity index (χ1v) is 10.7. The zero-order valence-electron chi connectivity index (χ0n) is 18.9. The highest BCUT2D eigenvalue weighted by molar-refractivity contribution is 6.33. The normalized spacial score (nSPS) is 15.8. The smallest absolute Gasteiger partial charge is 0.225 e. The Hall–Kier alpha value is -2.59. The number of nitrogens with zero attached hydrogens (tertiary/aromatic N) is 3. The molecular formula is C25H31ClN4. The molecule has 4 nitrogen and oxygen atoms in total. The van der Waals surface area contributed by atoms with Gasteiger partial charge in [-0.3, -0.25) is 0 Å². The van der Waals surface area contributed by atoms with Gasteiger partial charge in [-0.25, -0.2) is 9.97 Å². The van der Waals surface area contributed by atoms with E-state index in [-0.39, 0.29) is 0 Å². The Balaban J connectivity index is 2.05. The van der Waals surface area contributed by atoms with Crippen LogP contribution in [0.5, 0.6) is 0 Å². The van der Waals surface area contributed by atoms with Crippen LogP contribution in [-0.4, -0.2) is 23.1 Å². The molecule has 158 valence electrons. The van der Waals surface area contributed by atoms with Crippen LogP contribution < -0.4 is 10.2 Å². The molecule has 1 fully saturated rings. The number of aromatic nitrogens is 2. The number of rotatable bonds is 4. The van der Waals surface area contributed by atoms with Crippen LogP contribution in [0.15, 0.2) is 53.5 Å². The van der Waals surface area contributed by atoms with Crippen LogP contribution in [0.25, 0.3) is 5.57 Å². The van der Waals surface area contributed by atoms with Crippen molar-refractivity contribution in [2.45, 2.75) is 48.0 Å². The summed E-state index contributed by atoms with van der Waals surface area (Å²) in [6.07, 6.45) is 4.73. The molecule has 1 aromatic carbocycles. The molecule has 5 heteroatoms. The van der Waals surface area contributed by atoms with Crippen LogP contribution in [0.3, 0.4) is 0 Å². The van der Waals surface area contributed by atoms with Gasteiger partial charge in [-0.05, 0) is 87.4 Å². The van der Waals surface area contributed by atoms with E-state index in [1.807, 2.05) is 33.2 Å². The molecule has 1 aromatic heterocycles. The van der Waals surface area contributed by atoms with E-state index in [1.165, 1.54) is 22.3 Å². The van der Waals surface area contributed by atoms with Crippen molar-refractivity contribution in [2.75, 3.05) is 23.3 Å². The summed E-state index contributed by atoms with van der Waals surface area (Å²) in [6, 6.07) is 4.19. The molecule has 3 rings (SSSR count). The molecule has 1 aliphatic rings. The summed E-state index contributed by atoms with van der Waals surface area (Å²) < 4.78 is 0. The second-order valence-electron chi connectivity index (χ2n) is 8.32. The second-order valence-corrected chi connectivity index (χ2v) is 8.70. The Kier molecular flexibility index (Phi) is 6.67. The molecule has 0 saturated carbocycles. The first kappa shape index (κ1) is 22.1. The minimum absolute atomic E-state index is 0.774. The van der Waals surface area contributed by atoms with E-state index >= 15 is 0 Å². The predicted octanol–water partition coefficient (Wildman–Crippen LogP) is 6.71. The molecule has 30 heavy (non-hydrogen) atoms. The van der Waals surface area contributed by atoms with E-state index in [1.54, 1.807) is 0 Å². The van der Waals surface area contributed by atoms with Crippen LogP contribution in [-0.2, 0) is 0 Å². The van der Waals surface area contributed by atoms with Gasteiger partial charge in [0, 0.05) is 36.9 Å². The van der Waals surface area contributed by atoms with Gasteiger partial charge in [0.1, 0.15) is 0 Å². The van der Waals surface area contributed by atoms with E-state index < -0.39 is 0 Å². The largest absolute Gasteiger partial charge is 0.359 e. The Labute approximate surface area is 185 Å². The van der Waals surface area contributed by atoms with Crippen LogP contribution in [0.2, 0.25) is 5.02 Å². The molecule has 0 spiro atoms. The highest BCUT2D eigenvalue weighted by atomic mass is 35.5. The fraction of sp³-hybridized carbons (Fsp3) is 0.360. The van der Waals surface area contributed by atoms with Gasteiger partial charge >= 0.3 is 0 Å². The zero-order chi connectivity index (χ0) is 22.0. The topological polar surface area (TPSA) is 41.0 Å². The maximum absolute atomic E-state index is 6.84. The van der Waals surface area contributed by atoms with E-state index in [9.17, 15) is 0 Å². The SMILES string of the molecule is C=C(C)Nc1ccc(/C(C)=C2\CN(c3ncc(C)cn3)CCC2=C(C)C)c(Cl)c1C. The van der Waals surface area contributed by atoms with Crippen LogP contribution in [0.1, 0.15) is 50.8 Å². The molecule has 2 aromatic rings. The maximum atomic E-state index is 6.84. The van der Waals surface area contributed by atoms with Crippen LogP contribution >= 0.6 is 11.6 Å². The lowest BCUT2D eigenvalue weighted by molar-refractivity contribution is 0.735. The fourth-order valence-electron chi connectivity index (χ4n) is 3.88. The number of hydrogen-bond donors (Lipinski definition) is 1. The fourth-order valence-corrected chi connectivity index (χ4v) is 4.19. The van der Waals surface area contributed by atoms with Gasteiger partial charge < -0.3 is 10.2 Å². The highest BCUT2D eigenvalue weighted by Crippen LogP contribution is 2.38. The van der Waals surface area contributed by atoms with Gasteiger partial charge in [0.15, 0.2) is 0 Å². The summed E-state index contributed by atoms with van der Waals surface area (Å²) >= 11 is 6.84. The third kappa shape index (κ3) is 4.59. The lowest BCUT2D eigenvalue weighted by Crippen LogP contribution is -2.34. The van der Waals surface area contributed by atoms with Crippen LogP contribution in [0.4, 0.5) is 11.6 Å². The summed E-state index contributed by atoms with van der Waals surface area (Å²) in [7, 11) is 0. The van der Waals surface area contributed by atoms with Gasteiger partial charge in [0.05, 0.1) is 5.02 Å².